The van der Waals surface area contributed by atoms with E-state index in [1.807, 2.05) is 24.7 Å². The van der Waals surface area contributed by atoms with Gasteiger partial charge in [-0.3, -0.25) is 5.10 Å². The second kappa shape index (κ2) is 4.57. The fraction of sp³-hybridized carbons (Fsp3) is 0.385. The summed E-state index contributed by atoms with van der Waals surface area (Å²) >= 11 is 0. The molecule has 2 aromatic rings. The lowest BCUT2D eigenvalue weighted by atomic mass is 10.1. The lowest BCUT2D eigenvalue weighted by Crippen LogP contribution is -2.30. The van der Waals surface area contributed by atoms with Gasteiger partial charge < -0.3 is 4.90 Å². The van der Waals surface area contributed by atoms with Gasteiger partial charge in [-0.15, -0.1) is 0 Å². The van der Waals surface area contributed by atoms with Gasteiger partial charge in [0.05, 0.1) is 6.20 Å². The Morgan fingerprint density at radius 1 is 1.18 bits per heavy atom. The first kappa shape index (κ1) is 10.3. The van der Waals surface area contributed by atoms with Crippen LogP contribution in [0.5, 0.6) is 0 Å². The molecule has 0 radical (unpaired) electrons. The highest BCUT2D eigenvalue weighted by molar-refractivity contribution is 5.74. The number of hydrogen-bond donors (Lipinski definition) is 1. The van der Waals surface area contributed by atoms with Gasteiger partial charge >= 0.3 is 0 Å². The van der Waals surface area contributed by atoms with Crippen LogP contribution in [0.15, 0.2) is 30.7 Å². The molecule has 88 valence electrons. The fourth-order valence-corrected chi connectivity index (χ4v) is 2.38. The van der Waals surface area contributed by atoms with Crippen molar-refractivity contribution < 1.29 is 0 Å². The topological polar surface area (TPSA) is 44.8 Å². The van der Waals surface area contributed by atoms with Crippen molar-refractivity contribution in [1.82, 2.24) is 15.2 Å². The number of pyridine rings is 1. The highest BCUT2D eigenvalue weighted by Gasteiger charge is 2.16. The van der Waals surface area contributed by atoms with Gasteiger partial charge in [0.1, 0.15) is 5.82 Å². The SMILES string of the molecule is c1cnc(N2CCCCC2)c(-c2cn[nH]c2)c1. The Morgan fingerprint density at radius 2 is 2.06 bits per heavy atom. The summed E-state index contributed by atoms with van der Waals surface area (Å²) in [5.74, 6) is 1.09. The van der Waals surface area contributed by atoms with Gasteiger partial charge in [0.15, 0.2) is 0 Å². The summed E-state index contributed by atoms with van der Waals surface area (Å²) in [5.41, 5.74) is 2.28. The molecule has 0 atom stereocenters. The van der Waals surface area contributed by atoms with E-state index in [2.05, 4.69) is 26.1 Å². The van der Waals surface area contributed by atoms with E-state index in [1.165, 1.54) is 24.8 Å². The highest BCUT2D eigenvalue weighted by Crippen LogP contribution is 2.29. The Morgan fingerprint density at radius 3 is 2.82 bits per heavy atom. The van der Waals surface area contributed by atoms with E-state index < -0.39 is 0 Å². The number of aromatic amines is 1. The monoisotopic (exact) mass is 228 g/mol. The van der Waals surface area contributed by atoms with Gasteiger partial charge in [-0.1, -0.05) is 0 Å². The maximum absolute atomic E-state index is 4.54. The first-order chi connectivity index (χ1) is 8.45. The molecule has 3 rings (SSSR count). The van der Waals surface area contributed by atoms with E-state index in [1.54, 1.807) is 0 Å². The molecule has 0 bridgehead atoms. The zero-order chi connectivity index (χ0) is 11.5. The van der Waals surface area contributed by atoms with Gasteiger partial charge in [-0.25, -0.2) is 4.98 Å². The van der Waals surface area contributed by atoms with Gasteiger partial charge in [0.2, 0.25) is 0 Å². The molecule has 0 spiro atoms. The number of aromatic nitrogens is 3. The third kappa shape index (κ3) is 2.02. The molecule has 4 nitrogen and oxygen atoms in total. The molecule has 1 N–H and O–H groups in total. The molecule has 0 aliphatic carbocycles. The average molecular weight is 228 g/mol. The quantitative estimate of drug-likeness (QED) is 0.858. The number of piperidine rings is 1. The molecule has 4 heteroatoms. The third-order valence-electron chi connectivity index (χ3n) is 3.25. The molecular formula is C13H16N4. The summed E-state index contributed by atoms with van der Waals surface area (Å²) in [4.78, 5) is 6.92. The Bertz CT molecular complexity index is 472. The zero-order valence-corrected chi connectivity index (χ0v) is 9.76. The van der Waals surface area contributed by atoms with Crippen LogP contribution in [0, 0.1) is 0 Å². The van der Waals surface area contributed by atoms with Crippen LogP contribution in [0.2, 0.25) is 0 Å². The minimum atomic E-state index is 1.09. The summed E-state index contributed by atoms with van der Waals surface area (Å²) in [6.45, 7) is 2.23. The smallest absolute Gasteiger partial charge is 0.136 e. The van der Waals surface area contributed by atoms with E-state index in [0.29, 0.717) is 0 Å². The lowest BCUT2D eigenvalue weighted by Gasteiger charge is -2.29. The zero-order valence-electron chi connectivity index (χ0n) is 9.76. The standard InChI is InChI=1S/C13H16N4/c1-2-7-17(8-3-1)13-12(5-4-6-14-13)11-9-15-16-10-11/h4-6,9-10H,1-3,7-8H2,(H,15,16). The number of nitrogens with zero attached hydrogens (tertiary/aromatic N) is 3. The molecule has 1 saturated heterocycles. The van der Waals surface area contributed by atoms with Crippen molar-refractivity contribution in [2.75, 3.05) is 18.0 Å². The molecular weight excluding hydrogens is 212 g/mol. The molecule has 1 aliphatic heterocycles. The molecule has 3 heterocycles. The van der Waals surface area contributed by atoms with E-state index >= 15 is 0 Å². The van der Waals surface area contributed by atoms with Crippen molar-refractivity contribution >= 4 is 5.82 Å². The van der Waals surface area contributed by atoms with Crippen LogP contribution in [0.1, 0.15) is 19.3 Å². The van der Waals surface area contributed by atoms with Crippen LogP contribution in [0.25, 0.3) is 11.1 Å². The van der Waals surface area contributed by atoms with Crippen molar-refractivity contribution in [3.05, 3.63) is 30.7 Å². The Kier molecular flexibility index (Phi) is 2.78. The highest BCUT2D eigenvalue weighted by atomic mass is 15.2. The second-order valence-corrected chi connectivity index (χ2v) is 4.41. The Hall–Kier alpha value is -1.84. The summed E-state index contributed by atoms with van der Waals surface area (Å²) < 4.78 is 0. The van der Waals surface area contributed by atoms with E-state index in [-0.39, 0.29) is 0 Å². The van der Waals surface area contributed by atoms with Crippen LogP contribution in [0.3, 0.4) is 0 Å². The number of rotatable bonds is 2. The van der Waals surface area contributed by atoms with Crippen LogP contribution in [0.4, 0.5) is 5.82 Å². The summed E-state index contributed by atoms with van der Waals surface area (Å²) in [7, 11) is 0. The van der Waals surface area contributed by atoms with Gasteiger partial charge in [-0.05, 0) is 31.4 Å². The van der Waals surface area contributed by atoms with Crippen molar-refractivity contribution in [2.45, 2.75) is 19.3 Å². The second-order valence-electron chi connectivity index (χ2n) is 4.41. The largest absolute Gasteiger partial charge is 0.356 e. The van der Waals surface area contributed by atoms with Gasteiger partial charge in [0.25, 0.3) is 0 Å². The summed E-state index contributed by atoms with van der Waals surface area (Å²) in [6, 6.07) is 4.09. The van der Waals surface area contributed by atoms with Crippen molar-refractivity contribution in [3.63, 3.8) is 0 Å². The first-order valence-corrected chi connectivity index (χ1v) is 6.14. The average Bonchev–Trinajstić information content (AvgIpc) is 2.94. The molecule has 2 aromatic heterocycles. The molecule has 0 unspecified atom stereocenters. The van der Waals surface area contributed by atoms with E-state index in [9.17, 15) is 0 Å². The maximum atomic E-state index is 4.54. The molecule has 1 fully saturated rings. The fourth-order valence-electron chi connectivity index (χ4n) is 2.38. The number of anilines is 1. The predicted octanol–water partition coefficient (Wildman–Crippen LogP) is 2.46. The van der Waals surface area contributed by atoms with Crippen molar-refractivity contribution in [3.8, 4) is 11.1 Å². The summed E-state index contributed by atoms with van der Waals surface area (Å²) in [5, 5.41) is 6.88. The van der Waals surface area contributed by atoms with Crippen LogP contribution < -0.4 is 4.90 Å². The number of H-pyrrole nitrogens is 1. The van der Waals surface area contributed by atoms with E-state index in [4.69, 9.17) is 0 Å². The maximum Gasteiger partial charge on any atom is 0.136 e. The van der Waals surface area contributed by atoms with Crippen LogP contribution >= 0.6 is 0 Å². The Balaban J connectivity index is 1.98. The van der Waals surface area contributed by atoms with Crippen molar-refractivity contribution in [2.24, 2.45) is 0 Å². The third-order valence-corrected chi connectivity index (χ3v) is 3.25. The first-order valence-electron chi connectivity index (χ1n) is 6.14. The normalized spacial score (nSPS) is 16.1. The molecule has 1 aliphatic rings. The molecule has 0 amide bonds. The molecule has 17 heavy (non-hydrogen) atoms. The molecule has 0 saturated carbocycles. The Labute approximate surface area is 101 Å². The number of nitrogens with one attached hydrogen (secondary N) is 1. The molecule has 0 aromatic carbocycles. The minimum Gasteiger partial charge on any atom is -0.356 e. The number of hydrogen-bond acceptors (Lipinski definition) is 3. The van der Waals surface area contributed by atoms with Crippen LogP contribution in [-0.4, -0.2) is 28.3 Å². The van der Waals surface area contributed by atoms with Crippen LogP contribution in [-0.2, 0) is 0 Å². The summed E-state index contributed by atoms with van der Waals surface area (Å²) in [6.07, 6.45) is 9.51. The van der Waals surface area contributed by atoms with Gasteiger partial charge in [0, 0.05) is 36.6 Å². The van der Waals surface area contributed by atoms with Crippen molar-refractivity contribution in [1.29, 1.82) is 0 Å². The minimum absolute atomic E-state index is 1.09. The predicted molar refractivity (Wildman–Crippen MR) is 67.9 cm³/mol. The van der Waals surface area contributed by atoms with E-state index in [0.717, 1.165) is 24.5 Å². The lowest BCUT2D eigenvalue weighted by molar-refractivity contribution is 0.574. The van der Waals surface area contributed by atoms with Gasteiger partial charge in [-0.2, -0.15) is 5.10 Å².